The van der Waals surface area contributed by atoms with Gasteiger partial charge in [-0.2, -0.15) is 0 Å². The molecule has 0 spiro atoms. The molecule has 9 N–H and O–H groups in total. The molecule has 4 aromatic heterocycles. The second kappa shape index (κ2) is 36.2. The maximum absolute atomic E-state index is 11.8. The van der Waals surface area contributed by atoms with Gasteiger partial charge in [0.25, 0.3) is 28.7 Å². The fraction of sp³-hybridized carbons (Fsp3) is 0.660. The molecule has 464 valence electrons. The fourth-order valence-corrected chi connectivity index (χ4v) is 11.7. The summed E-state index contributed by atoms with van der Waals surface area (Å²) in [5.41, 5.74) is -7.23. The second-order valence-electron chi connectivity index (χ2n) is 19.4. The van der Waals surface area contributed by atoms with E-state index in [1.165, 1.54) is 52.1 Å². The third-order valence-electron chi connectivity index (χ3n) is 15.6. The van der Waals surface area contributed by atoms with Crippen LogP contribution in [0.15, 0.2) is 87.4 Å². The van der Waals surface area contributed by atoms with Crippen LogP contribution in [0.1, 0.15) is 114 Å². The van der Waals surface area contributed by atoms with Crippen molar-refractivity contribution in [2.45, 2.75) is 162 Å². The van der Waals surface area contributed by atoms with Crippen molar-refractivity contribution in [3.05, 3.63) is 132 Å². The van der Waals surface area contributed by atoms with Crippen LogP contribution in [-0.4, -0.2) is 147 Å². The molecule has 0 aromatic carbocycles. The van der Waals surface area contributed by atoms with Crippen molar-refractivity contribution in [1.82, 2.24) is 38.2 Å². The number of nitrogens with zero attached hydrogens (tertiary/aromatic N) is 4. The predicted molar refractivity (Wildman–Crippen MR) is 298 cm³/mol. The topological polar surface area (TPSA) is 407 Å². The van der Waals surface area contributed by atoms with Gasteiger partial charge in [0.2, 0.25) is 0 Å². The van der Waals surface area contributed by atoms with Crippen molar-refractivity contribution in [3.63, 3.8) is 0 Å². The van der Waals surface area contributed by atoms with E-state index in [1.54, 1.807) is 13.8 Å². The number of carbonyl (C=O) groups is 1. The van der Waals surface area contributed by atoms with Crippen molar-refractivity contribution in [1.29, 1.82) is 0 Å². The second-order valence-corrected chi connectivity index (χ2v) is 21.4. The molecule has 84 heavy (non-hydrogen) atoms. The number of ether oxygens (including phenoxy) is 4. The Labute approximate surface area is 587 Å². The molecular formula is C50H74Cl4K2N8O20. The summed E-state index contributed by atoms with van der Waals surface area (Å²) in [5.74, 6) is -0.103. The maximum atomic E-state index is 11.8. The monoisotopic (exact) mass is 1320 g/mol. The summed E-state index contributed by atoms with van der Waals surface area (Å²) in [5, 5.41) is 51.6. The molecule has 34 heteroatoms. The average molecular weight is 1330 g/mol. The summed E-state index contributed by atoms with van der Waals surface area (Å²) < 4.78 is 28.3. The third kappa shape index (κ3) is 18.0. The van der Waals surface area contributed by atoms with Gasteiger partial charge in [-0.1, -0.05) is 55.4 Å². The molecule has 4 aliphatic heterocycles. The first-order valence-electron chi connectivity index (χ1n) is 25.9. The van der Waals surface area contributed by atoms with E-state index in [2.05, 4.69) is 52.5 Å². The summed E-state index contributed by atoms with van der Waals surface area (Å²) in [7, 11) is 1.00. The molecule has 0 radical (unpaired) electrons. The van der Waals surface area contributed by atoms with Crippen LogP contribution in [0.3, 0.4) is 0 Å². The minimum atomic E-state index is -1.20. The SMILES string of the molecule is CCC1(CC)O[C@@H](n2ccc(=O)[nH]c2=O)[C@H](Cl)[C@@H]1C.CCC1(CC)O[C@@H](n2ccc(=O)[nH]c2=O)[C@H](Cl)[C@@H]1C.CC[C@]1(CO)O[C@@H](n2ccc(=O)[nH]c2=O)[C@H](Cl)[C@@H]1O.CO.C[C@H]1[C@@H](Cl)[C@H](n2ccc(=O)[nH]c2=O)OC1(CO)CO.O=CO[O-].[H-].[K+].[K+]. The third-order valence-corrected chi connectivity index (χ3v) is 17.8. The molecule has 28 nitrogen and oxygen atoms in total. The van der Waals surface area contributed by atoms with Gasteiger partial charge in [-0.15, -0.1) is 46.4 Å². The molecule has 0 unspecified atom stereocenters. The van der Waals surface area contributed by atoms with Gasteiger partial charge >= 0.3 is 126 Å². The van der Waals surface area contributed by atoms with Gasteiger partial charge in [-0.05, 0) is 32.1 Å². The largest absolute Gasteiger partial charge is 1.00 e. The normalized spacial score (nSPS) is 28.2. The van der Waals surface area contributed by atoms with Crippen molar-refractivity contribution < 1.29 is 164 Å². The first-order chi connectivity index (χ1) is 38.7. The number of aliphatic hydroxyl groups excluding tert-OH is 5. The molecule has 0 aliphatic carbocycles. The molecule has 0 bridgehead atoms. The molecule has 8 heterocycles. The van der Waals surface area contributed by atoms with Crippen molar-refractivity contribution in [3.8, 4) is 0 Å². The standard InChI is InChI=1S/2C13H19ClN2O3.2C11H15ClN2O5.CH2O3.CH4O.2K.H/c2*1-4-13(5-2)8(3)10(14)11(19-13)16-7-6-9(17)15-12(16)18;1-6-8(12)9(19-11(6,4-15)5-16)14-3-2-7(17)13-10(14)18;1-2-11(5-15)8(17)7(12)9(19-11)14-4-3-6(16)13-10(14)18;2-1-4-3;1-2;;;/h2*6-8,10-11H,4-5H2,1-3H3,(H,15,17,18);2-3,6,8-9,15-16H,4-5H2,1H3,(H,13,17,18);3-4,7-9,15,17H,2,5H2,1H3,(H,13,16,18);1,3H;2H,1H3;;;/q;;;;;;2*+1;-1/p-1/t2*8-,10+,11+;6-,8+,9+;7-,8+,9-,11-;;;;;/m0001...../s1. The number of nitrogens with one attached hydrogen (secondary N) is 4. The van der Waals surface area contributed by atoms with Gasteiger partial charge in [-0.3, -0.25) is 62.2 Å². The van der Waals surface area contributed by atoms with Crippen LogP contribution < -0.4 is 153 Å². The number of H-pyrrole nitrogens is 4. The number of aromatic amines is 4. The maximum Gasteiger partial charge on any atom is 1.00 e. The van der Waals surface area contributed by atoms with Gasteiger partial charge in [0.05, 0.1) is 47.2 Å². The van der Waals surface area contributed by atoms with Gasteiger partial charge in [0.1, 0.15) is 22.7 Å². The Hall–Kier alpha value is -1.78. The molecule has 4 saturated heterocycles. The van der Waals surface area contributed by atoms with E-state index in [9.17, 15) is 58.8 Å². The zero-order valence-corrected chi connectivity index (χ0v) is 57.7. The predicted octanol–water partition coefficient (Wildman–Crippen LogP) is -5.89. The Kier molecular flexibility index (Phi) is 34.5. The van der Waals surface area contributed by atoms with Crippen molar-refractivity contribution in [2.24, 2.45) is 17.8 Å². The van der Waals surface area contributed by atoms with Crippen molar-refractivity contribution >= 4 is 52.9 Å². The van der Waals surface area contributed by atoms with Gasteiger partial charge in [-0.25, -0.2) is 19.2 Å². The van der Waals surface area contributed by atoms with Gasteiger partial charge in [0.15, 0.2) is 24.9 Å². The van der Waals surface area contributed by atoms with Crippen LogP contribution in [0, 0.1) is 17.8 Å². The average Bonchev–Trinajstić information content (AvgIpc) is 2.80. The Morgan fingerprint density at radius 2 is 0.714 bits per heavy atom. The molecule has 0 amide bonds. The van der Waals surface area contributed by atoms with Gasteiger partial charge in [0, 0.05) is 73.9 Å². The summed E-state index contributed by atoms with van der Waals surface area (Å²) in [4.78, 5) is 111. The summed E-state index contributed by atoms with van der Waals surface area (Å²) in [6, 6.07) is 4.94. The molecule has 13 atom stereocenters. The Balaban J connectivity index is 0.00000106. The Morgan fingerprint density at radius 3 is 0.893 bits per heavy atom. The molecule has 4 aromatic rings. The van der Waals surface area contributed by atoms with E-state index in [1.807, 2.05) is 13.8 Å². The van der Waals surface area contributed by atoms with E-state index in [0.717, 1.165) is 48.0 Å². The molecule has 8 rings (SSSR count). The molecular weight excluding hydrogens is 1250 g/mol. The smallest absolute Gasteiger partial charge is 1.00 e. The number of rotatable bonds is 13. The zero-order valence-electron chi connectivity index (χ0n) is 49.4. The van der Waals surface area contributed by atoms with Crippen LogP contribution in [-0.2, 0) is 28.6 Å². The van der Waals surface area contributed by atoms with Crippen LogP contribution >= 0.6 is 46.4 Å². The van der Waals surface area contributed by atoms with Crippen LogP contribution in [0.2, 0.25) is 0 Å². The number of aromatic nitrogens is 8. The summed E-state index contributed by atoms with van der Waals surface area (Å²) in [6.07, 6.45) is 5.07. The molecule has 4 aliphatic rings. The Bertz CT molecular complexity index is 2760. The van der Waals surface area contributed by atoms with E-state index < -0.39 is 118 Å². The van der Waals surface area contributed by atoms with E-state index >= 15 is 0 Å². The number of carbonyl (C=O) groups excluding carboxylic acids is 1. The molecule has 4 fully saturated rings. The first kappa shape index (κ1) is 80.2. The summed E-state index contributed by atoms with van der Waals surface area (Å²) >= 11 is 25.2. The summed E-state index contributed by atoms with van der Waals surface area (Å²) in [6.45, 7) is 14.4. The number of alkyl halides is 4. The quantitative estimate of drug-likeness (QED) is 0.0198. The van der Waals surface area contributed by atoms with E-state index in [0.29, 0.717) is 6.42 Å². The van der Waals surface area contributed by atoms with E-state index in [-0.39, 0.29) is 150 Å². The van der Waals surface area contributed by atoms with Crippen LogP contribution in [0.4, 0.5) is 0 Å². The zero-order chi connectivity index (χ0) is 62.2. The van der Waals surface area contributed by atoms with Crippen LogP contribution in [0.25, 0.3) is 0 Å². The van der Waals surface area contributed by atoms with Gasteiger partial charge < -0.3 is 56.1 Å². The first-order valence-corrected chi connectivity index (χ1v) is 27.7. The number of halogens is 4. The number of hydrogen-bond acceptors (Lipinski definition) is 20. The fourth-order valence-electron chi connectivity index (χ4n) is 10.1. The van der Waals surface area contributed by atoms with E-state index in [4.69, 9.17) is 80.5 Å². The van der Waals surface area contributed by atoms with Crippen molar-refractivity contribution in [2.75, 3.05) is 26.9 Å². The minimum Gasteiger partial charge on any atom is -1.00 e. The minimum absolute atomic E-state index is 0. The Morgan fingerprint density at radius 1 is 0.500 bits per heavy atom. The number of hydrogen-bond donors (Lipinski definition) is 9. The number of aliphatic hydroxyl groups is 5. The molecule has 0 saturated carbocycles. The van der Waals surface area contributed by atoms with Crippen LogP contribution in [0.5, 0.6) is 0 Å².